The molecule has 0 saturated heterocycles. The lowest BCUT2D eigenvalue weighted by Gasteiger charge is -1.84. The van der Waals surface area contributed by atoms with Crippen LogP contribution in [0, 0.1) is 22.7 Å². The van der Waals surface area contributed by atoms with Gasteiger partial charge in [0.2, 0.25) is 0 Å². The molecule has 0 spiro atoms. The quantitative estimate of drug-likeness (QED) is 0.470. The van der Waals surface area contributed by atoms with E-state index in [-0.39, 0.29) is 0 Å². The SMILES string of the molecule is N#Cc1c(C#N)c(=O)ooc1=O. The molecule has 1 aromatic heterocycles. The zero-order valence-corrected chi connectivity index (χ0v) is 5.53. The summed E-state index contributed by atoms with van der Waals surface area (Å²) in [5.41, 5.74) is -3.52. The van der Waals surface area contributed by atoms with Crippen LogP contribution in [0.25, 0.3) is 0 Å². The number of rotatable bonds is 0. The van der Waals surface area contributed by atoms with Gasteiger partial charge in [-0.1, -0.05) is 0 Å². The highest BCUT2D eigenvalue weighted by atomic mass is 17.0. The number of nitriles is 2. The third kappa shape index (κ3) is 0.976. The highest BCUT2D eigenvalue weighted by Gasteiger charge is 2.13. The van der Waals surface area contributed by atoms with Crippen LogP contribution in [-0.2, 0) is 0 Å². The third-order valence-electron chi connectivity index (χ3n) is 1.07. The second-order valence-corrected chi connectivity index (χ2v) is 1.72. The minimum absolute atomic E-state index is 0.631. The second-order valence-electron chi connectivity index (χ2n) is 1.72. The fourth-order valence-corrected chi connectivity index (χ4v) is 0.566. The molecule has 0 aliphatic carbocycles. The molecule has 0 aliphatic heterocycles. The maximum Gasteiger partial charge on any atom is 0.398 e. The highest BCUT2D eigenvalue weighted by Crippen LogP contribution is 1.92. The first kappa shape index (κ1) is 7.76. The van der Waals surface area contributed by atoms with E-state index in [2.05, 4.69) is 9.15 Å². The van der Waals surface area contributed by atoms with Gasteiger partial charge in [-0.25, -0.2) is 18.7 Å². The summed E-state index contributed by atoms with van der Waals surface area (Å²) in [7, 11) is 0. The van der Waals surface area contributed by atoms with E-state index in [4.69, 9.17) is 10.5 Å². The van der Waals surface area contributed by atoms with Gasteiger partial charge in [0.15, 0.2) is 11.1 Å². The molecule has 0 radical (unpaired) electrons. The van der Waals surface area contributed by atoms with E-state index in [9.17, 15) is 9.59 Å². The average molecular weight is 164 g/mol. The van der Waals surface area contributed by atoms with E-state index in [0.29, 0.717) is 0 Å². The van der Waals surface area contributed by atoms with E-state index in [1.807, 2.05) is 0 Å². The Balaban J connectivity index is 3.80. The van der Waals surface area contributed by atoms with Crippen LogP contribution in [0.2, 0.25) is 0 Å². The van der Waals surface area contributed by atoms with Crippen LogP contribution < -0.4 is 11.3 Å². The van der Waals surface area contributed by atoms with Crippen LogP contribution >= 0.6 is 0 Å². The largest absolute Gasteiger partial charge is 0.398 e. The molecule has 1 rings (SSSR count). The first-order valence-corrected chi connectivity index (χ1v) is 2.68. The summed E-state index contributed by atoms with van der Waals surface area (Å²) in [6.45, 7) is 0. The molecule has 6 nitrogen and oxygen atoms in total. The molecular formula is C6N2O4. The molecule has 0 aromatic carbocycles. The summed E-state index contributed by atoms with van der Waals surface area (Å²) >= 11 is 0. The fourth-order valence-electron chi connectivity index (χ4n) is 0.566. The average Bonchev–Trinajstić information content (AvgIpc) is 2.08. The number of nitrogens with zero attached hydrogens (tertiary/aromatic N) is 2. The molecule has 0 aliphatic rings. The van der Waals surface area contributed by atoms with Crippen molar-refractivity contribution in [3.8, 4) is 12.1 Å². The smallest absolute Gasteiger partial charge is 0.241 e. The lowest BCUT2D eigenvalue weighted by molar-refractivity contribution is 0.0156. The van der Waals surface area contributed by atoms with Crippen LogP contribution in [0.4, 0.5) is 0 Å². The normalized spacial score (nSPS) is 8.50. The Bertz CT molecular complexity index is 449. The topological polar surface area (TPSA) is 108 Å². The zero-order chi connectivity index (χ0) is 9.14. The highest BCUT2D eigenvalue weighted by molar-refractivity contribution is 5.40. The Morgan fingerprint density at radius 3 is 1.50 bits per heavy atom. The third-order valence-corrected chi connectivity index (χ3v) is 1.07. The fraction of sp³-hybridized carbons (Fsp3) is 0. The molecule has 0 amide bonds. The van der Waals surface area contributed by atoms with Crippen LogP contribution in [0.5, 0.6) is 0 Å². The Morgan fingerprint density at radius 2 is 1.25 bits per heavy atom. The summed E-state index contributed by atoms with van der Waals surface area (Å²) < 4.78 is 7.61. The van der Waals surface area contributed by atoms with Gasteiger partial charge in [0.25, 0.3) is 0 Å². The van der Waals surface area contributed by atoms with Gasteiger partial charge < -0.3 is 0 Å². The van der Waals surface area contributed by atoms with Crippen molar-refractivity contribution in [1.29, 1.82) is 10.5 Å². The predicted molar refractivity (Wildman–Crippen MR) is 32.9 cm³/mol. The van der Waals surface area contributed by atoms with E-state index >= 15 is 0 Å². The van der Waals surface area contributed by atoms with Crippen LogP contribution in [-0.4, -0.2) is 0 Å². The van der Waals surface area contributed by atoms with Crippen molar-refractivity contribution >= 4 is 0 Å². The molecule has 0 bridgehead atoms. The van der Waals surface area contributed by atoms with Crippen molar-refractivity contribution in [2.75, 3.05) is 0 Å². The van der Waals surface area contributed by atoms with Crippen molar-refractivity contribution in [2.45, 2.75) is 0 Å². The van der Waals surface area contributed by atoms with E-state index in [1.54, 1.807) is 0 Å². The molecule has 6 heteroatoms. The monoisotopic (exact) mass is 164 g/mol. The van der Waals surface area contributed by atoms with Gasteiger partial charge in [-0.15, -0.1) is 0 Å². The molecule has 1 aromatic rings. The molecule has 1 heterocycles. The minimum Gasteiger partial charge on any atom is -0.241 e. The molecule has 0 N–H and O–H groups in total. The van der Waals surface area contributed by atoms with Gasteiger partial charge in [0.1, 0.15) is 12.1 Å². The molecule has 0 atom stereocenters. The van der Waals surface area contributed by atoms with Crippen LogP contribution in [0.15, 0.2) is 18.7 Å². The van der Waals surface area contributed by atoms with Crippen molar-refractivity contribution in [1.82, 2.24) is 0 Å². The van der Waals surface area contributed by atoms with Crippen molar-refractivity contribution in [2.24, 2.45) is 0 Å². The van der Waals surface area contributed by atoms with E-state index in [1.165, 1.54) is 12.1 Å². The lowest BCUT2D eigenvalue weighted by Crippen LogP contribution is -2.16. The maximum atomic E-state index is 10.6. The summed E-state index contributed by atoms with van der Waals surface area (Å²) in [6.07, 6.45) is 0. The summed E-state index contributed by atoms with van der Waals surface area (Å²) in [5.74, 6) is 0. The Kier molecular flexibility index (Phi) is 1.76. The Hall–Kier alpha value is -2.34. The summed E-state index contributed by atoms with van der Waals surface area (Å²) in [4.78, 5) is 21.2. The number of hydrogen-bond acceptors (Lipinski definition) is 6. The van der Waals surface area contributed by atoms with E-state index < -0.39 is 22.4 Å². The van der Waals surface area contributed by atoms with Crippen molar-refractivity contribution < 1.29 is 9.15 Å². The molecule has 58 valence electrons. The van der Waals surface area contributed by atoms with Gasteiger partial charge in [0.05, 0.1) is 0 Å². The molecule has 12 heavy (non-hydrogen) atoms. The molecular weight excluding hydrogens is 164 g/mol. The maximum absolute atomic E-state index is 10.6. The van der Waals surface area contributed by atoms with Gasteiger partial charge in [-0.2, -0.15) is 10.5 Å². The van der Waals surface area contributed by atoms with Gasteiger partial charge >= 0.3 is 11.3 Å². The van der Waals surface area contributed by atoms with Crippen molar-refractivity contribution in [3.05, 3.63) is 32.0 Å². The van der Waals surface area contributed by atoms with Crippen molar-refractivity contribution in [3.63, 3.8) is 0 Å². The molecule has 0 unspecified atom stereocenters. The first-order chi connectivity index (χ1) is 5.70. The van der Waals surface area contributed by atoms with E-state index in [0.717, 1.165) is 0 Å². The minimum atomic E-state index is -1.13. The predicted octanol–water partition coefficient (Wildman–Crippen LogP) is -0.664. The van der Waals surface area contributed by atoms with Crippen LogP contribution in [0.1, 0.15) is 11.1 Å². The number of hydrogen-bond donors (Lipinski definition) is 0. The molecule has 0 saturated carbocycles. The summed E-state index contributed by atoms with van der Waals surface area (Å²) in [5, 5.41) is 16.6. The second kappa shape index (κ2) is 2.72. The Labute approximate surface area is 64.8 Å². The summed E-state index contributed by atoms with van der Waals surface area (Å²) in [6, 6.07) is 2.73. The Morgan fingerprint density at radius 1 is 0.917 bits per heavy atom. The van der Waals surface area contributed by atoms with Crippen LogP contribution in [0.3, 0.4) is 0 Å². The van der Waals surface area contributed by atoms with Gasteiger partial charge in [0, 0.05) is 0 Å². The zero-order valence-electron chi connectivity index (χ0n) is 5.53. The molecule has 0 fully saturated rings. The van der Waals surface area contributed by atoms with Gasteiger partial charge in [-0.3, -0.25) is 0 Å². The first-order valence-electron chi connectivity index (χ1n) is 2.68. The van der Waals surface area contributed by atoms with Gasteiger partial charge in [-0.05, 0) is 0 Å². The standard InChI is InChI=1S/C6N2O4/c7-1-3-4(2-8)6(10)12-11-5(3)9. The lowest BCUT2D eigenvalue weighted by atomic mass is 10.2.